The van der Waals surface area contributed by atoms with Gasteiger partial charge in [0.05, 0.1) is 12.0 Å². The van der Waals surface area contributed by atoms with Gasteiger partial charge in [0, 0.05) is 5.38 Å². The molecule has 0 spiro atoms. The summed E-state index contributed by atoms with van der Waals surface area (Å²) in [7, 11) is 0. The molecule has 0 aliphatic carbocycles. The van der Waals surface area contributed by atoms with Gasteiger partial charge in [0.25, 0.3) is 0 Å². The van der Waals surface area contributed by atoms with Crippen LogP contribution in [0.15, 0.2) is 5.38 Å². The van der Waals surface area contributed by atoms with Gasteiger partial charge in [-0.15, -0.1) is 11.3 Å². The third-order valence-corrected chi connectivity index (χ3v) is 4.79. The molecule has 0 bridgehead atoms. The molecule has 1 aliphatic heterocycles. The highest BCUT2D eigenvalue weighted by Gasteiger charge is 2.38. The molecular formula is C14H21N3O3S. The first-order valence-electron chi connectivity index (χ1n) is 7.24. The molecular weight excluding hydrogens is 290 g/mol. The van der Waals surface area contributed by atoms with Gasteiger partial charge in [-0.1, -0.05) is 13.3 Å². The zero-order valence-corrected chi connectivity index (χ0v) is 13.0. The van der Waals surface area contributed by atoms with Crippen molar-refractivity contribution in [3.05, 3.63) is 16.1 Å². The molecule has 3 N–H and O–H groups in total. The third-order valence-electron chi connectivity index (χ3n) is 3.94. The fourth-order valence-electron chi connectivity index (χ4n) is 2.81. The van der Waals surface area contributed by atoms with E-state index in [1.807, 2.05) is 0 Å². The number of aromatic carboxylic acids is 1. The summed E-state index contributed by atoms with van der Waals surface area (Å²) >= 11 is 1.26. The second-order valence-corrected chi connectivity index (χ2v) is 6.34. The number of carboxylic acids is 1. The Morgan fingerprint density at radius 2 is 2.19 bits per heavy atom. The van der Waals surface area contributed by atoms with Crippen LogP contribution >= 0.6 is 11.3 Å². The van der Waals surface area contributed by atoms with Crippen molar-refractivity contribution in [3.8, 4) is 0 Å². The van der Waals surface area contributed by atoms with Gasteiger partial charge in [-0.3, -0.25) is 4.79 Å². The molecule has 0 saturated carbocycles. The Morgan fingerprint density at radius 3 is 2.76 bits per heavy atom. The minimum absolute atomic E-state index is 0.0365. The number of aromatic nitrogens is 1. The fourth-order valence-corrected chi connectivity index (χ4v) is 3.52. The van der Waals surface area contributed by atoms with E-state index in [1.165, 1.54) is 16.7 Å². The summed E-state index contributed by atoms with van der Waals surface area (Å²) in [6.07, 6.45) is 3.57. The Kier molecular flexibility index (Phi) is 5.30. The van der Waals surface area contributed by atoms with Gasteiger partial charge in [0.1, 0.15) is 5.01 Å². The summed E-state index contributed by atoms with van der Waals surface area (Å²) in [4.78, 5) is 27.3. The monoisotopic (exact) mass is 311 g/mol. The minimum Gasteiger partial charge on any atom is -0.476 e. The van der Waals surface area contributed by atoms with Crippen molar-refractivity contribution in [1.82, 2.24) is 15.6 Å². The van der Waals surface area contributed by atoms with Gasteiger partial charge in [0.2, 0.25) is 5.91 Å². The Bertz CT molecular complexity index is 504. The highest BCUT2D eigenvalue weighted by molar-refractivity contribution is 7.09. The average molecular weight is 311 g/mol. The molecule has 2 heterocycles. The quantitative estimate of drug-likeness (QED) is 0.742. The highest BCUT2D eigenvalue weighted by atomic mass is 32.1. The zero-order valence-electron chi connectivity index (χ0n) is 12.1. The number of thiazole rings is 1. The summed E-state index contributed by atoms with van der Waals surface area (Å²) in [6.45, 7) is 4.13. The van der Waals surface area contributed by atoms with E-state index in [4.69, 9.17) is 5.11 Å². The predicted molar refractivity (Wildman–Crippen MR) is 80.4 cm³/mol. The largest absolute Gasteiger partial charge is 0.476 e. The third kappa shape index (κ3) is 3.79. The number of rotatable bonds is 6. The van der Waals surface area contributed by atoms with Crippen LogP contribution in [-0.2, 0) is 11.3 Å². The number of nitrogens with one attached hydrogen (secondary N) is 2. The topological polar surface area (TPSA) is 91.3 Å². The minimum atomic E-state index is -1.04. The van der Waals surface area contributed by atoms with Crippen LogP contribution in [0.2, 0.25) is 0 Å². The lowest BCUT2D eigenvalue weighted by Crippen LogP contribution is -2.47. The lowest BCUT2D eigenvalue weighted by molar-refractivity contribution is -0.133. The first-order chi connectivity index (χ1) is 10.1. The van der Waals surface area contributed by atoms with E-state index < -0.39 is 5.97 Å². The molecule has 0 radical (unpaired) electrons. The molecule has 1 aliphatic rings. The molecule has 0 unspecified atom stereocenters. The molecule has 21 heavy (non-hydrogen) atoms. The number of hydrogen-bond acceptors (Lipinski definition) is 5. The van der Waals surface area contributed by atoms with Crippen molar-refractivity contribution in [2.75, 3.05) is 13.1 Å². The van der Waals surface area contributed by atoms with E-state index >= 15 is 0 Å². The first kappa shape index (κ1) is 15.9. The van der Waals surface area contributed by atoms with Gasteiger partial charge >= 0.3 is 5.97 Å². The Morgan fingerprint density at radius 1 is 1.48 bits per heavy atom. The van der Waals surface area contributed by atoms with E-state index in [0.29, 0.717) is 11.6 Å². The summed E-state index contributed by atoms with van der Waals surface area (Å²) in [5, 5.41) is 17.2. The Hall–Kier alpha value is -1.47. The van der Waals surface area contributed by atoms with Crippen LogP contribution in [0.3, 0.4) is 0 Å². The number of nitrogens with zero attached hydrogens (tertiary/aromatic N) is 1. The maximum atomic E-state index is 12.5. The zero-order chi connectivity index (χ0) is 15.3. The van der Waals surface area contributed by atoms with Crippen molar-refractivity contribution < 1.29 is 14.7 Å². The number of carbonyl (C=O) groups is 2. The van der Waals surface area contributed by atoms with E-state index in [1.54, 1.807) is 0 Å². The summed E-state index contributed by atoms with van der Waals surface area (Å²) in [5.74, 6) is -0.970. The van der Waals surface area contributed by atoms with Crippen molar-refractivity contribution in [3.63, 3.8) is 0 Å². The number of amides is 1. The number of carboxylic acid groups (broad SMARTS) is 1. The number of carbonyl (C=O) groups excluding carboxylic acids is 1. The van der Waals surface area contributed by atoms with Crippen LogP contribution in [0.25, 0.3) is 0 Å². The van der Waals surface area contributed by atoms with Crippen LogP contribution in [-0.4, -0.2) is 35.1 Å². The molecule has 0 aromatic carbocycles. The lowest BCUT2D eigenvalue weighted by Gasteiger charge is -2.36. The van der Waals surface area contributed by atoms with Crippen molar-refractivity contribution in [2.24, 2.45) is 5.41 Å². The second kappa shape index (κ2) is 7.00. The van der Waals surface area contributed by atoms with Crippen molar-refractivity contribution in [1.29, 1.82) is 0 Å². The molecule has 0 atom stereocenters. The normalized spacial score (nSPS) is 17.4. The molecule has 7 heteroatoms. The summed E-state index contributed by atoms with van der Waals surface area (Å²) in [6, 6.07) is 0. The number of piperidine rings is 1. The molecule has 6 nitrogen and oxygen atoms in total. The van der Waals surface area contributed by atoms with Crippen molar-refractivity contribution in [2.45, 2.75) is 39.2 Å². The second-order valence-electron chi connectivity index (χ2n) is 5.39. The van der Waals surface area contributed by atoms with Gasteiger partial charge in [-0.05, 0) is 32.4 Å². The maximum absolute atomic E-state index is 12.5. The first-order valence-corrected chi connectivity index (χ1v) is 8.12. The van der Waals surface area contributed by atoms with Crippen LogP contribution in [0.4, 0.5) is 0 Å². The van der Waals surface area contributed by atoms with E-state index in [9.17, 15) is 9.59 Å². The molecule has 1 saturated heterocycles. The SMILES string of the molecule is CCCC1(C(=O)NCc2nc(C(=O)O)cs2)CCNCC1. The number of hydrogen-bond donors (Lipinski definition) is 3. The van der Waals surface area contributed by atoms with Gasteiger partial charge in [-0.25, -0.2) is 9.78 Å². The van der Waals surface area contributed by atoms with Gasteiger partial charge < -0.3 is 15.7 Å². The van der Waals surface area contributed by atoms with Crippen LogP contribution in [0.1, 0.15) is 48.1 Å². The maximum Gasteiger partial charge on any atom is 0.355 e. The van der Waals surface area contributed by atoms with Crippen molar-refractivity contribution >= 4 is 23.2 Å². The molecule has 1 fully saturated rings. The average Bonchev–Trinajstić information content (AvgIpc) is 2.95. The fraction of sp³-hybridized carbons (Fsp3) is 0.643. The molecule has 1 aromatic rings. The van der Waals surface area contributed by atoms with Crippen LogP contribution < -0.4 is 10.6 Å². The molecule has 2 rings (SSSR count). The van der Waals surface area contributed by atoms with Gasteiger partial charge in [-0.2, -0.15) is 0 Å². The van der Waals surface area contributed by atoms with E-state index in [0.717, 1.165) is 38.8 Å². The van der Waals surface area contributed by atoms with E-state index in [-0.39, 0.29) is 17.0 Å². The molecule has 1 aromatic heterocycles. The summed E-state index contributed by atoms with van der Waals surface area (Å²) in [5.41, 5.74) is -0.248. The van der Waals surface area contributed by atoms with Gasteiger partial charge in [0.15, 0.2) is 5.69 Å². The van der Waals surface area contributed by atoms with Crippen LogP contribution in [0, 0.1) is 5.41 Å². The summed E-state index contributed by atoms with van der Waals surface area (Å²) < 4.78 is 0. The van der Waals surface area contributed by atoms with E-state index in [2.05, 4.69) is 22.5 Å². The highest BCUT2D eigenvalue weighted by Crippen LogP contribution is 2.34. The Labute approximate surface area is 128 Å². The predicted octanol–water partition coefficient (Wildman–Crippen LogP) is 1.63. The lowest BCUT2D eigenvalue weighted by atomic mass is 9.74. The molecule has 1 amide bonds. The molecule has 116 valence electrons. The van der Waals surface area contributed by atoms with Crippen LogP contribution in [0.5, 0.6) is 0 Å². The Balaban J connectivity index is 1.96. The smallest absolute Gasteiger partial charge is 0.355 e. The standard InChI is InChI=1S/C14H21N3O3S/c1-2-3-14(4-6-15-7-5-14)13(20)16-8-11-17-10(9-21-11)12(18)19/h9,15H,2-8H2,1H3,(H,16,20)(H,18,19).